The zero-order valence-electron chi connectivity index (χ0n) is 15.1. The lowest BCUT2D eigenvalue weighted by atomic mass is 10.1. The van der Waals surface area contributed by atoms with Gasteiger partial charge in [-0.05, 0) is 72.3 Å². The van der Waals surface area contributed by atoms with Crippen molar-refractivity contribution in [2.75, 3.05) is 5.32 Å². The Hall–Kier alpha value is -2.71. The van der Waals surface area contributed by atoms with E-state index in [1.54, 1.807) is 19.1 Å². The van der Waals surface area contributed by atoms with E-state index in [1.807, 2.05) is 22.6 Å². The molecular weight excluding hydrogens is 478 g/mol. The summed E-state index contributed by atoms with van der Waals surface area (Å²) >= 11 is 2.03. The topological polar surface area (TPSA) is 114 Å². The van der Waals surface area contributed by atoms with Crippen LogP contribution in [0.1, 0.15) is 28.4 Å². The first kappa shape index (κ1) is 21.6. The summed E-state index contributed by atoms with van der Waals surface area (Å²) in [6, 6.07) is 9.27. The highest BCUT2D eigenvalue weighted by atomic mass is 127. The summed E-state index contributed by atoms with van der Waals surface area (Å²) in [4.78, 5) is 24.4. The second-order valence-corrected chi connectivity index (χ2v) is 7.11. The number of hydrogen-bond donors (Lipinski definition) is 4. The molecule has 2 aromatic carbocycles. The molecule has 0 saturated heterocycles. The molecule has 0 heterocycles. The molecule has 1 unspecified atom stereocenters. The van der Waals surface area contributed by atoms with Gasteiger partial charge in [0.2, 0.25) is 0 Å². The van der Waals surface area contributed by atoms with Crippen LogP contribution < -0.4 is 16.2 Å². The number of benzene rings is 2. The fourth-order valence-corrected chi connectivity index (χ4v) is 2.99. The van der Waals surface area contributed by atoms with E-state index in [4.69, 9.17) is 5.26 Å². The van der Waals surface area contributed by atoms with Crippen molar-refractivity contribution in [2.45, 2.75) is 26.0 Å². The minimum atomic E-state index is -1.08. The van der Waals surface area contributed by atoms with Gasteiger partial charge in [0.1, 0.15) is 17.9 Å². The average Bonchev–Trinajstić information content (AvgIpc) is 2.66. The highest BCUT2D eigenvalue weighted by molar-refractivity contribution is 14.1. The molecule has 2 aromatic rings. The van der Waals surface area contributed by atoms with Crippen molar-refractivity contribution in [1.82, 2.24) is 10.9 Å². The number of hydrogen-bond acceptors (Lipinski definition) is 5. The van der Waals surface area contributed by atoms with Crippen LogP contribution in [0, 0.1) is 27.6 Å². The highest BCUT2D eigenvalue weighted by Crippen LogP contribution is 2.25. The lowest BCUT2D eigenvalue weighted by Crippen LogP contribution is -2.52. The molecule has 0 spiro atoms. The fraction of sp³-hybridized carbons (Fsp3) is 0.211. The normalized spacial score (nSPS) is 12.4. The summed E-state index contributed by atoms with van der Waals surface area (Å²) < 4.78 is 13.9. The minimum absolute atomic E-state index is 0.0411. The van der Waals surface area contributed by atoms with E-state index in [-0.39, 0.29) is 5.56 Å². The SMILES string of the molecule is Cc1c(NC(C(=O)NNC(=O)c2cccc(F)c2)[C@H](C)O)ccc(C#N)c1I. The van der Waals surface area contributed by atoms with E-state index in [1.165, 1.54) is 25.1 Å². The second kappa shape index (κ2) is 9.48. The van der Waals surface area contributed by atoms with E-state index in [2.05, 4.69) is 22.2 Å². The minimum Gasteiger partial charge on any atom is -0.391 e. The van der Waals surface area contributed by atoms with Crippen LogP contribution in [-0.2, 0) is 4.79 Å². The van der Waals surface area contributed by atoms with Gasteiger partial charge in [0.25, 0.3) is 11.8 Å². The first-order valence-corrected chi connectivity index (χ1v) is 9.32. The summed E-state index contributed by atoms with van der Waals surface area (Å²) in [5.74, 6) is -1.95. The predicted octanol–water partition coefficient (Wildman–Crippen LogP) is 2.23. The largest absolute Gasteiger partial charge is 0.391 e. The molecule has 0 bridgehead atoms. The molecule has 0 saturated carbocycles. The van der Waals surface area contributed by atoms with Crippen LogP contribution in [-0.4, -0.2) is 29.1 Å². The van der Waals surface area contributed by atoms with Crippen LogP contribution in [0.2, 0.25) is 0 Å². The number of carbonyl (C=O) groups is 2. The van der Waals surface area contributed by atoms with Crippen molar-refractivity contribution in [3.63, 3.8) is 0 Å². The number of hydrazine groups is 1. The van der Waals surface area contributed by atoms with Crippen LogP contribution >= 0.6 is 22.6 Å². The number of nitriles is 1. The molecule has 7 nitrogen and oxygen atoms in total. The molecule has 28 heavy (non-hydrogen) atoms. The van der Waals surface area contributed by atoms with Crippen molar-refractivity contribution in [3.8, 4) is 6.07 Å². The number of rotatable bonds is 5. The van der Waals surface area contributed by atoms with Crippen molar-refractivity contribution in [2.24, 2.45) is 0 Å². The molecular formula is C19H18FIN4O3. The fourth-order valence-electron chi connectivity index (χ4n) is 2.40. The molecule has 2 amide bonds. The van der Waals surface area contributed by atoms with E-state index in [0.29, 0.717) is 11.3 Å². The lowest BCUT2D eigenvalue weighted by Gasteiger charge is -2.23. The summed E-state index contributed by atoms with van der Waals surface area (Å²) in [6.45, 7) is 3.21. The van der Waals surface area contributed by atoms with Gasteiger partial charge in [-0.1, -0.05) is 6.07 Å². The highest BCUT2D eigenvalue weighted by Gasteiger charge is 2.25. The van der Waals surface area contributed by atoms with Crippen LogP contribution in [0.4, 0.5) is 10.1 Å². The Morgan fingerprint density at radius 3 is 2.57 bits per heavy atom. The molecule has 2 rings (SSSR count). The molecule has 9 heteroatoms. The number of nitrogens with one attached hydrogen (secondary N) is 3. The first-order valence-electron chi connectivity index (χ1n) is 8.24. The molecule has 0 aromatic heterocycles. The number of aliphatic hydroxyl groups is 1. The Labute approximate surface area is 175 Å². The van der Waals surface area contributed by atoms with E-state index >= 15 is 0 Å². The third-order valence-corrected chi connectivity index (χ3v) is 5.36. The third-order valence-electron chi connectivity index (χ3n) is 3.97. The van der Waals surface area contributed by atoms with Crippen molar-refractivity contribution in [3.05, 3.63) is 62.5 Å². The number of nitrogens with zero attached hydrogens (tertiary/aromatic N) is 1. The number of aliphatic hydroxyl groups excluding tert-OH is 1. The molecule has 0 radical (unpaired) electrons. The standard InChI is InChI=1S/C19H18FIN4O3/c1-10-15(7-6-13(9-22)16(10)21)23-17(11(2)26)19(28)25-24-18(27)12-4-3-5-14(20)8-12/h3-8,11,17,23,26H,1-2H3,(H,24,27)(H,25,28)/t11-,17?/m0/s1. The Morgan fingerprint density at radius 2 is 1.96 bits per heavy atom. The van der Waals surface area contributed by atoms with Crippen molar-refractivity contribution < 1.29 is 19.1 Å². The van der Waals surface area contributed by atoms with Crippen LogP contribution in [0.15, 0.2) is 36.4 Å². The first-order chi connectivity index (χ1) is 13.2. The third kappa shape index (κ3) is 5.17. The zero-order chi connectivity index (χ0) is 20.8. The van der Waals surface area contributed by atoms with Crippen LogP contribution in [0.5, 0.6) is 0 Å². The van der Waals surface area contributed by atoms with Gasteiger partial charge in [0.15, 0.2) is 0 Å². The Bertz CT molecular complexity index is 943. The number of anilines is 1. The number of halogens is 2. The summed E-state index contributed by atoms with van der Waals surface area (Å²) in [6.07, 6.45) is -1.08. The van der Waals surface area contributed by atoms with Gasteiger partial charge in [-0.15, -0.1) is 0 Å². The van der Waals surface area contributed by atoms with Gasteiger partial charge in [0.05, 0.1) is 11.7 Å². The Balaban J connectivity index is 2.09. The predicted molar refractivity (Wildman–Crippen MR) is 110 cm³/mol. The second-order valence-electron chi connectivity index (χ2n) is 6.03. The molecule has 2 atom stereocenters. The van der Waals surface area contributed by atoms with E-state index in [0.717, 1.165) is 15.2 Å². The monoisotopic (exact) mass is 496 g/mol. The summed E-state index contributed by atoms with van der Waals surface area (Å²) in [5.41, 5.74) is 6.28. The van der Waals surface area contributed by atoms with Gasteiger partial charge in [-0.3, -0.25) is 20.4 Å². The van der Waals surface area contributed by atoms with E-state index < -0.39 is 29.8 Å². The van der Waals surface area contributed by atoms with E-state index in [9.17, 15) is 19.1 Å². The zero-order valence-corrected chi connectivity index (χ0v) is 17.2. The number of amides is 2. The smallest absolute Gasteiger partial charge is 0.269 e. The number of carbonyl (C=O) groups excluding carboxylic acids is 2. The Morgan fingerprint density at radius 1 is 1.25 bits per heavy atom. The maximum Gasteiger partial charge on any atom is 0.269 e. The van der Waals surface area contributed by atoms with Gasteiger partial charge < -0.3 is 10.4 Å². The van der Waals surface area contributed by atoms with Gasteiger partial charge in [-0.2, -0.15) is 5.26 Å². The van der Waals surface area contributed by atoms with Gasteiger partial charge >= 0.3 is 0 Å². The molecule has 0 aliphatic carbocycles. The molecule has 4 N–H and O–H groups in total. The Kier molecular flexibility index (Phi) is 7.31. The van der Waals surface area contributed by atoms with Crippen molar-refractivity contribution in [1.29, 1.82) is 5.26 Å². The van der Waals surface area contributed by atoms with Crippen LogP contribution in [0.3, 0.4) is 0 Å². The quantitative estimate of drug-likeness (QED) is 0.375. The molecule has 0 aliphatic rings. The van der Waals surface area contributed by atoms with Crippen molar-refractivity contribution >= 4 is 40.1 Å². The molecule has 146 valence electrons. The average molecular weight is 496 g/mol. The van der Waals surface area contributed by atoms with Crippen LogP contribution in [0.25, 0.3) is 0 Å². The molecule has 0 fully saturated rings. The van der Waals surface area contributed by atoms with Gasteiger partial charge in [-0.25, -0.2) is 4.39 Å². The summed E-state index contributed by atoms with van der Waals surface area (Å²) in [5, 5.41) is 22.0. The lowest BCUT2D eigenvalue weighted by molar-refractivity contribution is -0.124. The maximum absolute atomic E-state index is 13.2. The molecule has 0 aliphatic heterocycles. The van der Waals surface area contributed by atoms with Gasteiger partial charge in [0, 0.05) is 14.8 Å². The summed E-state index contributed by atoms with van der Waals surface area (Å²) in [7, 11) is 0. The maximum atomic E-state index is 13.2.